The van der Waals surface area contributed by atoms with Crippen LogP contribution < -0.4 is 5.32 Å². The van der Waals surface area contributed by atoms with Crippen molar-refractivity contribution >= 4 is 11.6 Å². The van der Waals surface area contributed by atoms with Crippen molar-refractivity contribution in [1.29, 1.82) is 0 Å². The molecule has 4 rings (SSSR count). The lowest BCUT2D eigenvalue weighted by Crippen LogP contribution is -2.25. The zero-order valence-corrected chi connectivity index (χ0v) is 13.6. The van der Waals surface area contributed by atoms with Gasteiger partial charge in [0.15, 0.2) is 0 Å². The van der Waals surface area contributed by atoms with E-state index >= 15 is 0 Å². The molecular formula is C19H21N3O. The first-order chi connectivity index (χ1) is 11.1. The van der Waals surface area contributed by atoms with E-state index in [0.717, 1.165) is 35.6 Å². The van der Waals surface area contributed by atoms with Gasteiger partial charge in [-0.3, -0.25) is 4.79 Å². The van der Waals surface area contributed by atoms with Crippen molar-refractivity contribution < 1.29 is 4.79 Å². The van der Waals surface area contributed by atoms with Gasteiger partial charge >= 0.3 is 0 Å². The van der Waals surface area contributed by atoms with Gasteiger partial charge < -0.3 is 9.72 Å². The molecule has 4 nitrogen and oxygen atoms in total. The van der Waals surface area contributed by atoms with E-state index in [2.05, 4.69) is 22.5 Å². The van der Waals surface area contributed by atoms with E-state index in [1.54, 1.807) is 0 Å². The summed E-state index contributed by atoms with van der Waals surface area (Å²) in [5.41, 5.74) is 5.81. The van der Waals surface area contributed by atoms with Gasteiger partial charge in [-0.1, -0.05) is 6.08 Å². The van der Waals surface area contributed by atoms with Crippen molar-refractivity contribution in [2.45, 2.75) is 39.5 Å². The van der Waals surface area contributed by atoms with Crippen LogP contribution in [0.15, 0.2) is 41.8 Å². The fourth-order valence-electron chi connectivity index (χ4n) is 3.87. The Bertz CT molecular complexity index is 857. The molecule has 0 spiro atoms. The minimum atomic E-state index is -0.0651. The molecular weight excluding hydrogens is 286 g/mol. The largest absolute Gasteiger partial charge is 0.322 e. The summed E-state index contributed by atoms with van der Waals surface area (Å²) in [6, 6.07) is 3.88. The van der Waals surface area contributed by atoms with E-state index in [-0.39, 0.29) is 5.91 Å². The Balaban J connectivity index is 1.69. The first kappa shape index (κ1) is 14.2. The summed E-state index contributed by atoms with van der Waals surface area (Å²) in [6.45, 7) is 3.99. The number of aromatic nitrogens is 2. The molecule has 118 valence electrons. The van der Waals surface area contributed by atoms with Gasteiger partial charge in [0.25, 0.3) is 5.91 Å². The van der Waals surface area contributed by atoms with Crippen LogP contribution in [-0.2, 0) is 0 Å². The predicted octanol–water partition coefficient (Wildman–Crippen LogP) is 3.70. The zero-order chi connectivity index (χ0) is 16.0. The second kappa shape index (κ2) is 5.37. The second-order valence-electron chi connectivity index (χ2n) is 6.58. The lowest BCUT2D eigenvalue weighted by molar-refractivity contribution is 0.0968. The zero-order valence-electron chi connectivity index (χ0n) is 13.6. The molecule has 0 aliphatic heterocycles. The Morgan fingerprint density at radius 3 is 3.13 bits per heavy atom. The molecule has 2 aromatic heterocycles. The maximum absolute atomic E-state index is 12.8. The van der Waals surface area contributed by atoms with E-state index < -0.39 is 0 Å². The van der Waals surface area contributed by atoms with Gasteiger partial charge in [0.1, 0.15) is 5.65 Å². The average molecular weight is 307 g/mol. The summed E-state index contributed by atoms with van der Waals surface area (Å²) in [6.07, 6.45) is 10.9. The molecule has 1 fully saturated rings. The molecule has 0 bridgehead atoms. The van der Waals surface area contributed by atoms with Crippen molar-refractivity contribution in [1.82, 2.24) is 14.7 Å². The molecule has 1 atom stereocenters. The third-order valence-corrected chi connectivity index (χ3v) is 4.97. The maximum atomic E-state index is 12.8. The van der Waals surface area contributed by atoms with Gasteiger partial charge in [0.05, 0.1) is 5.56 Å². The summed E-state index contributed by atoms with van der Waals surface area (Å²) in [5.74, 6) is 0.563. The van der Waals surface area contributed by atoms with Crippen LogP contribution in [0.2, 0.25) is 0 Å². The first-order valence-electron chi connectivity index (χ1n) is 8.30. The first-order valence-corrected chi connectivity index (χ1v) is 8.30. The number of carbonyl (C=O) groups is 1. The molecule has 1 unspecified atom stereocenters. The topological polar surface area (TPSA) is 46.4 Å². The Morgan fingerprint density at radius 2 is 2.26 bits per heavy atom. The molecule has 4 heteroatoms. The van der Waals surface area contributed by atoms with Gasteiger partial charge in [0.2, 0.25) is 0 Å². The number of nitrogens with zero attached hydrogens (tertiary/aromatic N) is 2. The molecule has 2 aromatic rings. The van der Waals surface area contributed by atoms with E-state index in [0.29, 0.717) is 11.5 Å². The SMILES string of the molecule is Cc1cc(C)n2ccc(C(=O)NC3=C4CCCC4CC=C3)c2n1. The minimum Gasteiger partial charge on any atom is -0.322 e. The monoisotopic (exact) mass is 307 g/mol. The molecule has 1 amide bonds. The molecule has 2 aliphatic rings. The summed E-state index contributed by atoms with van der Waals surface area (Å²) < 4.78 is 1.97. The Labute approximate surface area is 135 Å². The number of nitrogens with one attached hydrogen (secondary N) is 1. The maximum Gasteiger partial charge on any atom is 0.259 e. The highest BCUT2D eigenvalue weighted by Crippen LogP contribution is 2.38. The smallest absolute Gasteiger partial charge is 0.259 e. The lowest BCUT2D eigenvalue weighted by atomic mass is 9.92. The molecule has 0 saturated heterocycles. The fourth-order valence-corrected chi connectivity index (χ4v) is 3.87. The van der Waals surface area contributed by atoms with E-state index in [1.807, 2.05) is 36.6 Å². The van der Waals surface area contributed by atoms with Crippen LogP contribution in [0.1, 0.15) is 47.4 Å². The third-order valence-electron chi connectivity index (χ3n) is 4.97. The summed E-state index contributed by atoms with van der Waals surface area (Å²) in [7, 11) is 0. The van der Waals surface area contributed by atoms with Gasteiger partial charge in [-0.2, -0.15) is 0 Å². The predicted molar refractivity (Wildman–Crippen MR) is 90.3 cm³/mol. The van der Waals surface area contributed by atoms with Crippen LogP contribution in [-0.4, -0.2) is 15.3 Å². The number of rotatable bonds is 2. The minimum absolute atomic E-state index is 0.0651. The highest BCUT2D eigenvalue weighted by atomic mass is 16.1. The Kier molecular flexibility index (Phi) is 3.33. The lowest BCUT2D eigenvalue weighted by Gasteiger charge is -2.19. The van der Waals surface area contributed by atoms with Crippen molar-refractivity contribution in [3.63, 3.8) is 0 Å². The van der Waals surface area contributed by atoms with Gasteiger partial charge in [-0.05, 0) is 69.2 Å². The quantitative estimate of drug-likeness (QED) is 0.919. The van der Waals surface area contributed by atoms with Crippen LogP contribution >= 0.6 is 0 Å². The van der Waals surface area contributed by atoms with Crippen LogP contribution in [0.25, 0.3) is 5.65 Å². The van der Waals surface area contributed by atoms with Crippen LogP contribution in [0.5, 0.6) is 0 Å². The summed E-state index contributed by atoms with van der Waals surface area (Å²) >= 11 is 0. The summed E-state index contributed by atoms with van der Waals surface area (Å²) in [4.78, 5) is 17.3. The van der Waals surface area contributed by atoms with Crippen LogP contribution in [0, 0.1) is 19.8 Å². The summed E-state index contributed by atoms with van der Waals surface area (Å²) in [5, 5.41) is 3.12. The number of allylic oxidation sites excluding steroid dienone is 3. The molecule has 1 N–H and O–H groups in total. The van der Waals surface area contributed by atoms with E-state index in [4.69, 9.17) is 0 Å². The van der Waals surface area contributed by atoms with Crippen molar-refractivity contribution in [2.75, 3.05) is 0 Å². The third kappa shape index (κ3) is 2.38. The van der Waals surface area contributed by atoms with Crippen molar-refractivity contribution in [3.8, 4) is 0 Å². The second-order valence-corrected chi connectivity index (χ2v) is 6.58. The standard InChI is InChI=1S/C19H21N3O/c1-12-11-13(2)22-10-9-16(18(22)20-12)19(23)21-17-8-4-6-14-5-3-7-15(14)17/h4,8-11,14H,3,5-7H2,1-2H3,(H,21,23). The highest BCUT2D eigenvalue weighted by Gasteiger charge is 2.26. The number of fused-ring (bicyclic) bond motifs is 2. The number of hydrogen-bond acceptors (Lipinski definition) is 2. The molecule has 2 heterocycles. The average Bonchev–Trinajstić information content (AvgIpc) is 3.13. The van der Waals surface area contributed by atoms with Gasteiger partial charge in [-0.15, -0.1) is 0 Å². The molecule has 1 saturated carbocycles. The Hall–Kier alpha value is -2.36. The van der Waals surface area contributed by atoms with Gasteiger partial charge in [0, 0.05) is 23.3 Å². The molecule has 23 heavy (non-hydrogen) atoms. The number of amides is 1. The number of aryl methyl sites for hydroxylation is 2. The fraction of sp³-hybridized carbons (Fsp3) is 0.368. The molecule has 0 aromatic carbocycles. The van der Waals surface area contributed by atoms with E-state index in [1.165, 1.54) is 18.4 Å². The van der Waals surface area contributed by atoms with Crippen LogP contribution in [0.3, 0.4) is 0 Å². The normalized spacial score (nSPS) is 20.2. The van der Waals surface area contributed by atoms with Crippen molar-refractivity contribution in [3.05, 3.63) is 58.7 Å². The van der Waals surface area contributed by atoms with Crippen molar-refractivity contribution in [2.24, 2.45) is 5.92 Å². The number of carbonyl (C=O) groups excluding carboxylic acids is 1. The van der Waals surface area contributed by atoms with Crippen LogP contribution in [0.4, 0.5) is 0 Å². The molecule has 0 radical (unpaired) electrons. The Morgan fingerprint density at radius 1 is 1.39 bits per heavy atom. The highest BCUT2D eigenvalue weighted by molar-refractivity contribution is 6.01. The van der Waals surface area contributed by atoms with Gasteiger partial charge in [-0.25, -0.2) is 4.98 Å². The molecule has 2 aliphatic carbocycles. The van der Waals surface area contributed by atoms with E-state index in [9.17, 15) is 4.79 Å². The number of hydrogen-bond donors (Lipinski definition) is 1.